The van der Waals surface area contributed by atoms with Crippen LogP contribution in [0, 0.1) is 5.92 Å². The highest BCUT2D eigenvalue weighted by Crippen LogP contribution is 2.46. The highest BCUT2D eigenvalue weighted by molar-refractivity contribution is 6.43. The summed E-state index contributed by atoms with van der Waals surface area (Å²) in [6, 6.07) is 9.67. The number of nitrogens with zero attached hydrogens (tertiary/aromatic N) is 2. The molecule has 2 aliphatic carbocycles. The summed E-state index contributed by atoms with van der Waals surface area (Å²) in [5.41, 5.74) is 1.39. The maximum Gasteiger partial charge on any atom is 0.287 e. The van der Waals surface area contributed by atoms with Crippen LogP contribution in [0.5, 0.6) is 0 Å². The van der Waals surface area contributed by atoms with E-state index in [1.165, 1.54) is 38.6 Å². The largest absolute Gasteiger partial charge is 0.459 e. The lowest BCUT2D eigenvalue weighted by molar-refractivity contribution is 0.0888. The minimum absolute atomic E-state index is 0.0909. The number of carbonyl (C=O) groups excluding carboxylic acids is 1. The zero-order chi connectivity index (χ0) is 22.1. The number of anilines is 1. The second-order valence-electron chi connectivity index (χ2n) is 9.66. The fourth-order valence-corrected chi connectivity index (χ4v) is 5.94. The summed E-state index contributed by atoms with van der Waals surface area (Å²) >= 11 is 12.7. The van der Waals surface area contributed by atoms with E-state index in [0.717, 1.165) is 44.1 Å². The van der Waals surface area contributed by atoms with Gasteiger partial charge in [-0.2, -0.15) is 0 Å². The Bertz CT molecular complexity index is 937. The molecule has 1 aromatic heterocycles. The van der Waals surface area contributed by atoms with Crippen LogP contribution in [0.25, 0.3) is 0 Å². The van der Waals surface area contributed by atoms with Gasteiger partial charge in [-0.1, -0.05) is 29.3 Å². The van der Waals surface area contributed by atoms with Crippen molar-refractivity contribution in [3.63, 3.8) is 0 Å². The van der Waals surface area contributed by atoms with E-state index < -0.39 is 0 Å². The maximum absolute atomic E-state index is 12.2. The van der Waals surface area contributed by atoms with Gasteiger partial charge in [0.2, 0.25) is 0 Å². The molecular weight excluding hydrogens is 445 g/mol. The quantitative estimate of drug-likeness (QED) is 0.588. The van der Waals surface area contributed by atoms with E-state index >= 15 is 0 Å². The van der Waals surface area contributed by atoms with Gasteiger partial charge in [0.15, 0.2) is 5.76 Å². The van der Waals surface area contributed by atoms with E-state index in [-0.39, 0.29) is 11.9 Å². The third-order valence-corrected chi connectivity index (χ3v) is 8.44. The number of nitrogens with one attached hydrogen (secondary N) is 1. The van der Waals surface area contributed by atoms with Crippen LogP contribution < -0.4 is 10.2 Å². The van der Waals surface area contributed by atoms with E-state index in [2.05, 4.69) is 21.2 Å². The van der Waals surface area contributed by atoms with Gasteiger partial charge < -0.3 is 14.6 Å². The molecule has 2 heterocycles. The van der Waals surface area contributed by atoms with Gasteiger partial charge in [-0.15, -0.1) is 0 Å². The topological polar surface area (TPSA) is 48.7 Å². The van der Waals surface area contributed by atoms with Crippen LogP contribution in [0.4, 0.5) is 5.69 Å². The third kappa shape index (κ3) is 4.66. The van der Waals surface area contributed by atoms with Gasteiger partial charge >= 0.3 is 0 Å². The van der Waals surface area contributed by atoms with Crippen molar-refractivity contribution in [2.45, 2.75) is 56.5 Å². The number of piperazine rings is 1. The summed E-state index contributed by atoms with van der Waals surface area (Å²) in [7, 11) is 0. The molecule has 0 radical (unpaired) electrons. The standard InChI is InChI=1S/C25H31Cl2N3O2/c26-20-3-1-4-21(23(20)27)29-14-15-30(25(17-29)11-12-25)13-10-18-6-8-19(9-7-18)28-24(31)22-5-2-16-32-22/h1-5,16,18-19H,6-15,17H2,(H,28,31). The monoisotopic (exact) mass is 475 g/mol. The molecule has 1 N–H and O–H groups in total. The molecule has 3 fully saturated rings. The summed E-state index contributed by atoms with van der Waals surface area (Å²) < 4.78 is 5.20. The average molecular weight is 476 g/mol. The van der Waals surface area contributed by atoms with Crippen molar-refractivity contribution in [3.8, 4) is 0 Å². The lowest BCUT2D eigenvalue weighted by Crippen LogP contribution is -2.55. The zero-order valence-corrected chi connectivity index (χ0v) is 19.9. The molecule has 2 aromatic rings. The predicted octanol–water partition coefficient (Wildman–Crippen LogP) is 5.62. The Morgan fingerprint density at radius 1 is 1.09 bits per heavy atom. The lowest BCUT2D eigenvalue weighted by Gasteiger charge is -2.44. The number of benzene rings is 1. The molecule has 1 aromatic carbocycles. The minimum atomic E-state index is -0.0909. The van der Waals surface area contributed by atoms with Crippen LogP contribution in [0.2, 0.25) is 10.0 Å². The van der Waals surface area contributed by atoms with Crippen LogP contribution in [-0.2, 0) is 0 Å². The van der Waals surface area contributed by atoms with Gasteiger partial charge in [0.1, 0.15) is 0 Å². The number of halogens is 2. The SMILES string of the molecule is O=C(NC1CCC(CCN2CCN(c3cccc(Cl)c3Cl)CC23CC3)CC1)c1ccco1. The molecule has 5 rings (SSSR count). The highest BCUT2D eigenvalue weighted by Gasteiger charge is 2.51. The molecular formula is C25H31Cl2N3O2. The summed E-state index contributed by atoms with van der Waals surface area (Å²) in [5, 5.41) is 4.44. The van der Waals surface area contributed by atoms with Crippen LogP contribution in [0.15, 0.2) is 41.0 Å². The summed E-state index contributed by atoms with van der Waals surface area (Å²) in [4.78, 5) is 17.4. The molecule has 1 amide bonds. The molecule has 7 heteroatoms. The number of hydrogen-bond acceptors (Lipinski definition) is 4. The first-order valence-corrected chi connectivity index (χ1v) is 12.6. The molecule has 1 spiro atoms. The second kappa shape index (κ2) is 9.28. The van der Waals surface area contributed by atoms with Crippen molar-refractivity contribution in [1.82, 2.24) is 10.2 Å². The summed E-state index contributed by atoms with van der Waals surface area (Å²) in [5.74, 6) is 1.06. The normalized spacial score (nSPS) is 25.1. The zero-order valence-electron chi connectivity index (χ0n) is 18.4. The maximum atomic E-state index is 12.2. The highest BCUT2D eigenvalue weighted by atomic mass is 35.5. The van der Waals surface area contributed by atoms with Crippen molar-refractivity contribution in [1.29, 1.82) is 0 Å². The molecule has 5 nitrogen and oxygen atoms in total. The summed E-state index contributed by atoms with van der Waals surface area (Å²) in [6.45, 7) is 4.29. The van der Waals surface area contributed by atoms with E-state index in [1.807, 2.05) is 12.1 Å². The molecule has 32 heavy (non-hydrogen) atoms. The smallest absolute Gasteiger partial charge is 0.287 e. The van der Waals surface area contributed by atoms with Crippen LogP contribution in [0.3, 0.4) is 0 Å². The molecule has 3 aliphatic rings. The second-order valence-corrected chi connectivity index (χ2v) is 10.4. The van der Waals surface area contributed by atoms with E-state index in [9.17, 15) is 4.79 Å². The first kappa shape index (κ1) is 22.1. The van der Waals surface area contributed by atoms with Crippen molar-refractivity contribution < 1.29 is 9.21 Å². The van der Waals surface area contributed by atoms with Crippen molar-refractivity contribution in [3.05, 3.63) is 52.4 Å². The van der Waals surface area contributed by atoms with Crippen LogP contribution >= 0.6 is 23.2 Å². The number of hydrogen-bond donors (Lipinski definition) is 1. The van der Waals surface area contributed by atoms with Crippen molar-refractivity contribution in [2.75, 3.05) is 31.1 Å². The first-order chi connectivity index (χ1) is 15.5. The Kier molecular flexibility index (Phi) is 6.42. The lowest BCUT2D eigenvalue weighted by atomic mass is 9.84. The molecule has 0 atom stereocenters. The van der Waals surface area contributed by atoms with Gasteiger partial charge in [0.25, 0.3) is 5.91 Å². The number of carbonyl (C=O) groups is 1. The van der Waals surface area contributed by atoms with Gasteiger partial charge in [0.05, 0.1) is 22.0 Å². The van der Waals surface area contributed by atoms with Gasteiger partial charge in [-0.3, -0.25) is 9.69 Å². The number of amides is 1. The Morgan fingerprint density at radius 2 is 1.91 bits per heavy atom. The summed E-state index contributed by atoms with van der Waals surface area (Å²) in [6.07, 6.45) is 9.83. The van der Waals surface area contributed by atoms with Crippen LogP contribution in [-0.4, -0.2) is 48.6 Å². The number of furan rings is 1. The van der Waals surface area contributed by atoms with E-state index in [4.69, 9.17) is 27.6 Å². The van der Waals surface area contributed by atoms with Crippen molar-refractivity contribution >= 4 is 34.8 Å². The van der Waals surface area contributed by atoms with E-state index in [1.54, 1.807) is 18.4 Å². The molecule has 1 aliphatic heterocycles. The average Bonchev–Trinajstić information content (AvgIpc) is 3.33. The molecule has 172 valence electrons. The Hall–Kier alpha value is -1.69. The minimum Gasteiger partial charge on any atom is -0.459 e. The third-order valence-electron chi connectivity index (χ3n) is 7.63. The fraction of sp³-hybridized carbons (Fsp3) is 0.560. The molecule has 2 saturated carbocycles. The molecule has 0 bridgehead atoms. The molecule has 0 unspecified atom stereocenters. The van der Waals surface area contributed by atoms with Gasteiger partial charge in [-0.05, 0) is 81.7 Å². The van der Waals surface area contributed by atoms with Crippen molar-refractivity contribution in [2.24, 2.45) is 5.92 Å². The Morgan fingerprint density at radius 3 is 2.62 bits per heavy atom. The number of rotatable bonds is 6. The Labute approximate surface area is 200 Å². The van der Waals surface area contributed by atoms with Crippen LogP contribution in [0.1, 0.15) is 55.5 Å². The van der Waals surface area contributed by atoms with Gasteiger partial charge in [-0.25, -0.2) is 0 Å². The van der Waals surface area contributed by atoms with Gasteiger partial charge in [0, 0.05) is 31.2 Å². The predicted molar refractivity (Wildman–Crippen MR) is 129 cm³/mol. The Balaban J connectivity index is 1.09. The fourth-order valence-electron chi connectivity index (χ4n) is 5.52. The molecule has 1 saturated heterocycles. The first-order valence-electron chi connectivity index (χ1n) is 11.8. The van der Waals surface area contributed by atoms with E-state index in [0.29, 0.717) is 21.3 Å².